The van der Waals surface area contributed by atoms with Crippen molar-refractivity contribution in [1.29, 1.82) is 0 Å². The zero-order valence-electron chi connectivity index (χ0n) is 12.5. The molecule has 0 aliphatic heterocycles. The monoisotopic (exact) mass is 267 g/mol. The molecule has 1 amide bonds. The van der Waals surface area contributed by atoms with Gasteiger partial charge in [-0.05, 0) is 46.2 Å². The number of hydrogen-bond donors (Lipinski definition) is 2. The van der Waals surface area contributed by atoms with Crippen molar-refractivity contribution in [2.75, 3.05) is 27.2 Å². The number of amides is 1. The number of likely N-dealkylation sites (N-methyl/N-ethyl adjacent to an activating group) is 1. The second-order valence-corrected chi connectivity index (χ2v) is 6.48. The van der Waals surface area contributed by atoms with Crippen LogP contribution in [0, 0.1) is 0 Å². The molecule has 2 rings (SSSR count). The van der Waals surface area contributed by atoms with Gasteiger partial charge in [0.25, 0.3) is 0 Å². The van der Waals surface area contributed by atoms with Crippen LogP contribution in [-0.2, 0) is 4.79 Å². The molecule has 2 fully saturated rings. The van der Waals surface area contributed by atoms with Gasteiger partial charge in [0.1, 0.15) is 0 Å². The Morgan fingerprint density at radius 2 is 1.84 bits per heavy atom. The zero-order valence-corrected chi connectivity index (χ0v) is 12.5. The lowest BCUT2D eigenvalue weighted by Gasteiger charge is -2.47. The van der Waals surface area contributed by atoms with Gasteiger partial charge in [-0.2, -0.15) is 0 Å². The molecular formula is C15H29N3O. The Labute approximate surface area is 117 Å². The maximum Gasteiger partial charge on any atom is 0.234 e. The van der Waals surface area contributed by atoms with Gasteiger partial charge in [0, 0.05) is 18.1 Å². The van der Waals surface area contributed by atoms with Crippen molar-refractivity contribution in [3.63, 3.8) is 0 Å². The molecule has 4 nitrogen and oxygen atoms in total. The number of hydrogen-bond acceptors (Lipinski definition) is 3. The molecule has 0 radical (unpaired) electrons. The molecule has 0 bridgehead atoms. The molecule has 4 heteroatoms. The van der Waals surface area contributed by atoms with E-state index in [1.54, 1.807) is 0 Å². The fourth-order valence-electron chi connectivity index (χ4n) is 3.30. The van der Waals surface area contributed by atoms with Crippen LogP contribution in [0.5, 0.6) is 0 Å². The van der Waals surface area contributed by atoms with Gasteiger partial charge in [0.15, 0.2) is 0 Å². The molecular weight excluding hydrogens is 238 g/mol. The topological polar surface area (TPSA) is 44.4 Å². The van der Waals surface area contributed by atoms with Crippen molar-refractivity contribution in [2.24, 2.45) is 0 Å². The van der Waals surface area contributed by atoms with E-state index in [1.165, 1.54) is 38.5 Å². The summed E-state index contributed by atoms with van der Waals surface area (Å²) in [5, 5.41) is 6.50. The molecule has 0 aromatic heterocycles. The predicted octanol–water partition coefficient (Wildman–Crippen LogP) is 1.51. The molecule has 2 aliphatic carbocycles. The summed E-state index contributed by atoms with van der Waals surface area (Å²) in [6, 6.07) is 0.426. The van der Waals surface area contributed by atoms with E-state index in [-0.39, 0.29) is 5.91 Å². The summed E-state index contributed by atoms with van der Waals surface area (Å²) in [6.45, 7) is 1.39. The number of nitrogens with zero attached hydrogens (tertiary/aromatic N) is 1. The molecule has 110 valence electrons. The Bertz CT molecular complexity index is 294. The number of carbonyl (C=O) groups excluding carboxylic acids is 1. The van der Waals surface area contributed by atoms with E-state index in [2.05, 4.69) is 29.6 Å². The van der Waals surface area contributed by atoms with E-state index in [1.807, 2.05) is 0 Å². The highest BCUT2D eigenvalue weighted by atomic mass is 16.1. The average molecular weight is 267 g/mol. The Kier molecular flexibility index (Phi) is 5.22. The maximum atomic E-state index is 11.9. The van der Waals surface area contributed by atoms with E-state index in [0.29, 0.717) is 18.1 Å². The van der Waals surface area contributed by atoms with Crippen LogP contribution >= 0.6 is 0 Å². The van der Waals surface area contributed by atoms with E-state index < -0.39 is 0 Å². The first kappa shape index (κ1) is 14.8. The van der Waals surface area contributed by atoms with Gasteiger partial charge in [-0.1, -0.05) is 19.3 Å². The molecule has 2 N–H and O–H groups in total. The summed E-state index contributed by atoms with van der Waals surface area (Å²) in [6.07, 6.45) is 9.99. The summed E-state index contributed by atoms with van der Waals surface area (Å²) >= 11 is 0. The highest BCUT2D eigenvalue weighted by Gasteiger charge is 2.38. The van der Waals surface area contributed by atoms with Crippen molar-refractivity contribution in [3.05, 3.63) is 0 Å². The minimum Gasteiger partial charge on any atom is -0.352 e. The maximum absolute atomic E-state index is 11.9. The summed E-state index contributed by atoms with van der Waals surface area (Å²) < 4.78 is 0. The molecule has 0 unspecified atom stereocenters. The summed E-state index contributed by atoms with van der Waals surface area (Å²) in [4.78, 5) is 14.2. The van der Waals surface area contributed by atoms with Crippen LogP contribution in [0.4, 0.5) is 0 Å². The third kappa shape index (κ3) is 3.93. The lowest BCUT2D eigenvalue weighted by atomic mass is 9.75. The molecule has 0 saturated heterocycles. The molecule has 0 heterocycles. The van der Waals surface area contributed by atoms with Crippen LogP contribution in [0.15, 0.2) is 0 Å². The van der Waals surface area contributed by atoms with E-state index in [0.717, 1.165) is 19.4 Å². The molecule has 0 spiro atoms. The summed E-state index contributed by atoms with van der Waals surface area (Å²) in [7, 11) is 4.28. The van der Waals surface area contributed by atoms with Gasteiger partial charge >= 0.3 is 0 Å². The van der Waals surface area contributed by atoms with Gasteiger partial charge < -0.3 is 15.5 Å². The highest BCUT2D eigenvalue weighted by molar-refractivity contribution is 5.78. The van der Waals surface area contributed by atoms with Crippen molar-refractivity contribution < 1.29 is 4.79 Å². The van der Waals surface area contributed by atoms with E-state index >= 15 is 0 Å². The van der Waals surface area contributed by atoms with Crippen LogP contribution in [0.3, 0.4) is 0 Å². The first-order chi connectivity index (χ1) is 9.12. The highest BCUT2D eigenvalue weighted by Crippen LogP contribution is 2.35. The van der Waals surface area contributed by atoms with Gasteiger partial charge in [-0.3, -0.25) is 4.79 Å². The van der Waals surface area contributed by atoms with Crippen molar-refractivity contribution >= 4 is 5.91 Å². The molecule has 2 saturated carbocycles. The first-order valence-corrected chi connectivity index (χ1v) is 7.80. The lowest BCUT2D eigenvalue weighted by Crippen LogP contribution is -2.57. The summed E-state index contributed by atoms with van der Waals surface area (Å²) in [5.74, 6) is 0.167. The Balaban J connectivity index is 1.63. The van der Waals surface area contributed by atoms with Gasteiger partial charge in [0.2, 0.25) is 5.91 Å². The minimum absolute atomic E-state index is 0.167. The van der Waals surface area contributed by atoms with Crippen molar-refractivity contribution in [1.82, 2.24) is 15.5 Å². The molecule has 0 atom stereocenters. The van der Waals surface area contributed by atoms with Crippen LogP contribution in [0.2, 0.25) is 0 Å². The molecule has 19 heavy (non-hydrogen) atoms. The molecule has 0 aromatic carbocycles. The second-order valence-electron chi connectivity index (χ2n) is 6.48. The zero-order chi connectivity index (χ0) is 13.7. The fourth-order valence-corrected chi connectivity index (χ4v) is 3.30. The number of rotatable bonds is 6. The van der Waals surface area contributed by atoms with Gasteiger partial charge in [-0.15, -0.1) is 0 Å². The van der Waals surface area contributed by atoms with Gasteiger partial charge in [-0.25, -0.2) is 0 Å². The van der Waals surface area contributed by atoms with Crippen molar-refractivity contribution in [3.8, 4) is 0 Å². The second kappa shape index (κ2) is 6.71. The third-order valence-corrected chi connectivity index (χ3v) is 4.94. The Morgan fingerprint density at radius 1 is 1.16 bits per heavy atom. The number of carbonyl (C=O) groups is 1. The standard InChI is InChI=1S/C15H29N3O/c1-18(2)15(9-6-10-15)12-16-11-14(19)17-13-7-4-3-5-8-13/h13,16H,3-12H2,1-2H3,(H,17,19). The quantitative estimate of drug-likeness (QED) is 0.767. The van der Waals surface area contributed by atoms with Crippen LogP contribution in [0.1, 0.15) is 51.4 Å². The lowest BCUT2D eigenvalue weighted by molar-refractivity contribution is -0.121. The van der Waals surface area contributed by atoms with E-state index in [4.69, 9.17) is 0 Å². The van der Waals surface area contributed by atoms with Crippen LogP contribution < -0.4 is 10.6 Å². The van der Waals surface area contributed by atoms with Crippen LogP contribution in [0.25, 0.3) is 0 Å². The first-order valence-electron chi connectivity index (χ1n) is 7.80. The largest absolute Gasteiger partial charge is 0.352 e. The molecule has 2 aliphatic rings. The number of nitrogens with one attached hydrogen (secondary N) is 2. The fraction of sp³-hybridized carbons (Fsp3) is 0.933. The predicted molar refractivity (Wildman–Crippen MR) is 78.2 cm³/mol. The molecule has 0 aromatic rings. The minimum atomic E-state index is 0.167. The normalized spacial score (nSPS) is 23.1. The van der Waals surface area contributed by atoms with Crippen LogP contribution in [-0.4, -0.2) is 49.6 Å². The van der Waals surface area contributed by atoms with Gasteiger partial charge in [0.05, 0.1) is 6.54 Å². The van der Waals surface area contributed by atoms with E-state index in [9.17, 15) is 4.79 Å². The smallest absolute Gasteiger partial charge is 0.234 e. The average Bonchev–Trinajstić information content (AvgIpc) is 2.33. The SMILES string of the molecule is CN(C)C1(CNCC(=O)NC2CCCCC2)CCC1. The Hall–Kier alpha value is -0.610. The Morgan fingerprint density at radius 3 is 2.37 bits per heavy atom. The summed E-state index contributed by atoms with van der Waals surface area (Å²) in [5.41, 5.74) is 0.297. The van der Waals surface area contributed by atoms with Crippen molar-refractivity contribution in [2.45, 2.75) is 62.9 Å². The third-order valence-electron chi connectivity index (χ3n) is 4.94.